The maximum Gasteiger partial charge on any atom is 0.308 e. The van der Waals surface area contributed by atoms with Crippen LogP contribution < -0.4 is 10.2 Å². The van der Waals surface area contributed by atoms with Crippen molar-refractivity contribution in [3.05, 3.63) is 29.8 Å². The van der Waals surface area contributed by atoms with Gasteiger partial charge in [0.25, 0.3) is 0 Å². The third kappa shape index (κ3) is 2.49. The zero-order valence-corrected chi connectivity index (χ0v) is 11.4. The summed E-state index contributed by atoms with van der Waals surface area (Å²) in [6.45, 7) is 0.150. The molecule has 1 fully saturated rings. The molecule has 1 aromatic rings. The van der Waals surface area contributed by atoms with E-state index in [1.54, 1.807) is 0 Å². The molecule has 0 aromatic heterocycles. The van der Waals surface area contributed by atoms with Gasteiger partial charge in [-0.3, -0.25) is 14.4 Å². The highest BCUT2D eigenvalue weighted by Gasteiger charge is 2.37. The molecule has 1 saturated heterocycles. The van der Waals surface area contributed by atoms with Gasteiger partial charge in [-0.1, -0.05) is 18.2 Å². The number of carboxylic acids is 1. The monoisotopic (exact) mass is 288 g/mol. The minimum atomic E-state index is -0.905. The summed E-state index contributed by atoms with van der Waals surface area (Å²) in [5.41, 5.74) is 1.61. The van der Waals surface area contributed by atoms with E-state index in [-0.39, 0.29) is 18.4 Å². The van der Waals surface area contributed by atoms with E-state index in [1.165, 1.54) is 4.90 Å². The fourth-order valence-corrected chi connectivity index (χ4v) is 2.96. The summed E-state index contributed by atoms with van der Waals surface area (Å²) < 4.78 is 0. The summed E-state index contributed by atoms with van der Waals surface area (Å²) in [4.78, 5) is 36.7. The molecule has 1 unspecified atom stereocenters. The molecule has 110 valence electrons. The maximum atomic E-state index is 12.6. The van der Waals surface area contributed by atoms with Gasteiger partial charge >= 0.3 is 5.97 Å². The number of fused-ring (bicyclic) bond motifs is 1. The molecule has 2 N–H and O–H groups in total. The average molecular weight is 288 g/mol. The molecule has 2 aliphatic rings. The van der Waals surface area contributed by atoms with Crippen molar-refractivity contribution in [1.29, 1.82) is 0 Å². The van der Waals surface area contributed by atoms with Gasteiger partial charge in [-0.15, -0.1) is 0 Å². The van der Waals surface area contributed by atoms with Crippen LogP contribution in [0.25, 0.3) is 0 Å². The molecule has 6 nitrogen and oxygen atoms in total. The molecule has 6 heteroatoms. The maximum absolute atomic E-state index is 12.6. The van der Waals surface area contributed by atoms with E-state index in [0.717, 1.165) is 11.3 Å². The van der Waals surface area contributed by atoms with Crippen LogP contribution in [0.3, 0.4) is 0 Å². The van der Waals surface area contributed by atoms with Crippen LogP contribution in [0.4, 0.5) is 5.69 Å². The topological polar surface area (TPSA) is 86.7 Å². The molecule has 2 aliphatic heterocycles. The number of benzene rings is 1. The molecule has 0 bridgehead atoms. The SMILES string of the molecule is O=C1CC[C@@H](C(=O)N2CC(C(=O)O)Cc3ccccc32)N1. The van der Waals surface area contributed by atoms with Gasteiger partial charge in [0.1, 0.15) is 6.04 Å². The molecule has 0 aliphatic carbocycles. The Hall–Kier alpha value is -2.37. The minimum absolute atomic E-state index is 0.131. The van der Waals surface area contributed by atoms with Gasteiger partial charge in [0.2, 0.25) is 11.8 Å². The van der Waals surface area contributed by atoms with Gasteiger partial charge in [0, 0.05) is 18.7 Å². The van der Waals surface area contributed by atoms with Crippen LogP contribution in [0.15, 0.2) is 24.3 Å². The lowest BCUT2D eigenvalue weighted by Gasteiger charge is -2.34. The highest BCUT2D eigenvalue weighted by atomic mass is 16.4. The largest absolute Gasteiger partial charge is 0.481 e. The van der Waals surface area contributed by atoms with Gasteiger partial charge in [-0.2, -0.15) is 0 Å². The Morgan fingerprint density at radius 3 is 2.71 bits per heavy atom. The van der Waals surface area contributed by atoms with E-state index in [0.29, 0.717) is 19.3 Å². The quantitative estimate of drug-likeness (QED) is 0.832. The number of aliphatic carboxylic acids is 1. The lowest BCUT2D eigenvalue weighted by molar-refractivity contribution is -0.141. The van der Waals surface area contributed by atoms with Crippen molar-refractivity contribution in [2.45, 2.75) is 25.3 Å². The van der Waals surface area contributed by atoms with Crippen molar-refractivity contribution >= 4 is 23.5 Å². The number of para-hydroxylation sites is 1. The smallest absolute Gasteiger partial charge is 0.308 e. The van der Waals surface area contributed by atoms with E-state index < -0.39 is 17.9 Å². The Labute approximate surface area is 121 Å². The third-order valence-electron chi connectivity index (χ3n) is 4.06. The second-order valence-corrected chi connectivity index (χ2v) is 5.48. The standard InChI is InChI=1S/C15H16N2O4/c18-13-6-5-11(16-13)14(19)17-8-10(15(20)21)7-9-3-1-2-4-12(9)17/h1-4,10-11H,5-8H2,(H,16,18)(H,20,21)/t10?,11-/m0/s1. The molecule has 0 radical (unpaired) electrons. The molecule has 0 spiro atoms. The fraction of sp³-hybridized carbons (Fsp3) is 0.400. The van der Waals surface area contributed by atoms with Crippen molar-refractivity contribution in [1.82, 2.24) is 5.32 Å². The van der Waals surface area contributed by atoms with Crippen LogP contribution in [0.1, 0.15) is 18.4 Å². The number of carbonyl (C=O) groups is 3. The van der Waals surface area contributed by atoms with Gasteiger partial charge < -0.3 is 15.3 Å². The Bertz CT molecular complexity index is 613. The van der Waals surface area contributed by atoms with Gasteiger partial charge in [-0.05, 0) is 24.5 Å². The molecular weight excluding hydrogens is 272 g/mol. The molecule has 1 aromatic carbocycles. The minimum Gasteiger partial charge on any atom is -0.481 e. The van der Waals surface area contributed by atoms with Crippen molar-refractivity contribution < 1.29 is 19.5 Å². The first-order valence-electron chi connectivity index (χ1n) is 6.97. The number of rotatable bonds is 2. The number of anilines is 1. The number of nitrogens with one attached hydrogen (secondary N) is 1. The predicted molar refractivity (Wildman–Crippen MR) is 74.8 cm³/mol. The summed E-state index contributed by atoms with van der Waals surface area (Å²) in [5.74, 6) is -1.87. The second kappa shape index (κ2) is 5.20. The lowest BCUT2D eigenvalue weighted by atomic mass is 9.92. The molecule has 21 heavy (non-hydrogen) atoms. The summed E-state index contributed by atoms with van der Waals surface area (Å²) in [7, 11) is 0. The summed E-state index contributed by atoms with van der Waals surface area (Å²) in [6, 6.07) is 6.79. The van der Waals surface area contributed by atoms with Crippen LogP contribution in [-0.4, -0.2) is 35.5 Å². The number of nitrogens with zero attached hydrogens (tertiary/aromatic N) is 1. The van der Waals surface area contributed by atoms with Crippen LogP contribution in [-0.2, 0) is 20.8 Å². The molecule has 3 rings (SSSR count). The van der Waals surface area contributed by atoms with Crippen molar-refractivity contribution in [3.63, 3.8) is 0 Å². The molecular formula is C15H16N2O4. The van der Waals surface area contributed by atoms with E-state index in [1.807, 2.05) is 24.3 Å². The lowest BCUT2D eigenvalue weighted by Crippen LogP contribution is -2.49. The first kappa shape index (κ1) is 13.6. The van der Waals surface area contributed by atoms with E-state index in [9.17, 15) is 19.5 Å². The van der Waals surface area contributed by atoms with Crippen LogP contribution in [0.5, 0.6) is 0 Å². The van der Waals surface area contributed by atoms with Gasteiger partial charge in [-0.25, -0.2) is 0 Å². The third-order valence-corrected chi connectivity index (χ3v) is 4.06. The Morgan fingerprint density at radius 1 is 1.29 bits per heavy atom. The zero-order valence-electron chi connectivity index (χ0n) is 11.4. The summed E-state index contributed by atoms with van der Waals surface area (Å²) in [6.07, 6.45) is 1.23. The van der Waals surface area contributed by atoms with Crippen LogP contribution in [0, 0.1) is 5.92 Å². The summed E-state index contributed by atoms with van der Waals surface area (Å²) in [5, 5.41) is 11.9. The average Bonchev–Trinajstić information content (AvgIpc) is 2.92. The zero-order chi connectivity index (χ0) is 15.0. The number of hydrogen-bond acceptors (Lipinski definition) is 3. The van der Waals surface area contributed by atoms with Crippen LogP contribution in [0.2, 0.25) is 0 Å². The Kier molecular flexibility index (Phi) is 3.37. The Morgan fingerprint density at radius 2 is 2.05 bits per heavy atom. The second-order valence-electron chi connectivity index (χ2n) is 5.48. The highest BCUT2D eigenvalue weighted by molar-refractivity contribution is 6.02. The number of carboxylic acid groups (broad SMARTS) is 1. The van der Waals surface area contributed by atoms with Crippen molar-refractivity contribution in [3.8, 4) is 0 Å². The molecule has 2 amide bonds. The molecule has 0 saturated carbocycles. The first-order chi connectivity index (χ1) is 10.1. The Balaban J connectivity index is 1.91. The molecule has 2 heterocycles. The van der Waals surface area contributed by atoms with E-state index in [2.05, 4.69) is 5.32 Å². The van der Waals surface area contributed by atoms with Crippen LogP contribution >= 0.6 is 0 Å². The highest BCUT2D eigenvalue weighted by Crippen LogP contribution is 2.31. The fourth-order valence-electron chi connectivity index (χ4n) is 2.96. The summed E-state index contributed by atoms with van der Waals surface area (Å²) >= 11 is 0. The van der Waals surface area contributed by atoms with Gasteiger partial charge in [0.05, 0.1) is 5.92 Å². The number of carbonyl (C=O) groups excluding carboxylic acids is 2. The normalized spacial score (nSPS) is 24.4. The number of amides is 2. The van der Waals surface area contributed by atoms with Crippen molar-refractivity contribution in [2.75, 3.05) is 11.4 Å². The van der Waals surface area contributed by atoms with E-state index >= 15 is 0 Å². The predicted octanol–water partition coefficient (Wildman–Crippen LogP) is 0.555. The van der Waals surface area contributed by atoms with E-state index in [4.69, 9.17) is 0 Å². The number of hydrogen-bond donors (Lipinski definition) is 2. The first-order valence-corrected chi connectivity index (χ1v) is 6.97. The van der Waals surface area contributed by atoms with Gasteiger partial charge in [0.15, 0.2) is 0 Å². The molecule has 2 atom stereocenters. The van der Waals surface area contributed by atoms with Crippen molar-refractivity contribution in [2.24, 2.45) is 5.92 Å².